The van der Waals surface area contributed by atoms with Gasteiger partial charge in [-0.15, -0.1) is 0 Å². The minimum absolute atomic E-state index is 0.0324. The van der Waals surface area contributed by atoms with Crippen molar-refractivity contribution < 1.29 is 4.79 Å². The topological polar surface area (TPSA) is 56.9 Å². The van der Waals surface area contributed by atoms with Gasteiger partial charge in [0, 0.05) is 40.8 Å². The fraction of sp³-hybridized carbons (Fsp3) is 0.250. The normalized spacial score (nSPS) is 18.3. The fourth-order valence-corrected chi connectivity index (χ4v) is 5.36. The van der Waals surface area contributed by atoms with Crippen LogP contribution in [0.2, 0.25) is 0 Å². The molecule has 0 saturated carbocycles. The number of carbonyl (C=O) groups excluding carboxylic acids is 1. The van der Waals surface area contributed by atoms with Crippen molar-refractivity contribution in [2.24, 2.45) is 0 Å². The molecule has 2 atom stereocenters. The minimum atomic E-state index is 0.0324. The molecule has 4 aromatic rings. The van der Waals surface area contributed by atoms with Crippen LogP contribution in [0.4, 0.5) is 0 Å². The number of rotatable bonds is 4. The van der Waals surface area contributed by atoms with E-state index >= 15 is 0 Å². The van der Waals surface area contributed by atoms with Gasteiger partial charge >= 0.3 is 0 Å². The van der Waals surface area contributed by atoms with Gasteiger partial charge < -0.3 is 15.6 Å². The third kappa shape index (κ3) is 3.23. The van der Waals surface area contributed by atoms with Crippen molar-refractivity contribution >= 4 is 16.8 Å². The monoisotopic (exact) mass is 421 g/mol. The van der Waals surface area contributed by atoms with Crippen molar-refractivity contribution in [3.8, 4) is 11.1 Å². The van der Waals surface area contributed by atoms with Crippen molar-refractivity contribution in [3.05, 3.63) is 94.7 Å². The van der Waals surface area contributed by atoms with E-state index in [9.17, 15) is 4.79 Å². The highest BCUT2D eigenvalue weighted by molar-refractivity contribution is 5.99. The molecule has 1 amide bonds. The van der Waals surface area contributed by atoms with Gasteiger partial charge in [0.25, 0.3) is 5.91 Å². The Bertz CT molecular complexity index is 1320. The molecule has 1 aliphatic carbocycles. The molecule has 0 radical (unpaired) electrons. The Balaban J connectivity index is 1.34. The SMILES string of the molecule is C[C@@H](NC1CCCc2c1[nH]c1ccc(-c3ccc4c(c3)CNC4=O)cc21)c1ccccc1. The average Bonchev–Trinajstić information content (AvgIpc) is 3.40. The van der Waals surface area contributed by atoms with Gasteiger partial charge in [-0.2, -0.15) is 0 Å². The van der Waals surface area contributed by atoms with Crippen LogP contribution in [-0.2, 0) is 13.0 Å². The Kier molecular flexibility index (Phi) is 4.62. The highest BCUT2D eigenvalue weighted by Crippen LogP contribution is 2.38. The highest BCUT2D eigenvalue weighted by Gasteiger charge is 2.26. The summed E-state index contributed by atoms with van der Waals surface area (Å²) in [4.78, 5) is 15.6. The zero-order valence-corrected chi connectivity index (χ0v) is 18.2. The van der Waals surface area contributed by atoms with Crippen LogP contribution in [0.5, 0.6) is 0 Å². The quantitative estimate of drug-likeness (QED) is 0.390. The summed E-state index contributed by atoms with van der Waals surface area (Å²) in [6, 6.07) is 24.2. The number of benzene rings is 3. The zero-order chi connectivity index (χ0) is 21.7. The van der Waals surface area contributed by atoms with E-state index < -0.39 is 0 Å². The van der Waals surface area contributed by atoms with Crippen LogP contribution in [0.1, 0.15) is 64.6 Å². The van der Waals surface area contributed by atoms with E-state index in [-0.39, 0.29) is 5.91 Å². The molecule has 160 valence electrons. The number of aryl methyl sites for hydroxylation is 1. The van der Waals surface area contributed by atoms with Gasteiger partial charge in [-0.25, -0.2) is 0 Å². The first-order valence-corrected chi connectivity index (χ1v) is 11.5. The maximum Gasteiger partial charge on any atom is 0.251 e. The van der Waals surface area contributed by atoms with Crippen molar-refractivity contribution in [1.82, 2.24) is 15.6 Å². The molecule has 0 fully saturated rings. The molecule has 1 unspecified atom stereocenters. The molecule has 0 saturated heterocycles. The molecule has 32 heavy (non-hydrogen) atoms. The van der Waals surface area contributed by atoms with Crippen LogP contribution in [0.25, 0.3) is 22.0 Å². The molecule has 0 spiro atoms. The van der Waals surface area contributed by atoms with Gasteiger partial charge in [-0.3, -0.25) is 4.79 Å². The first-order chi connectivity index (χ1) is 15.7. The molecule has 3 N–H and O–H groups in total. The van der Waals surface area contributed by atoms with Gasteiger partial charge in [0.2, 0.25) is 0 Å². The van der Waals surface area contributed by atoms with Crippen LogP contribution < -0.4 is 10.6 Å². The maximum atomic E-state index is 11.9. The van der Waals surface area contributed by atoms with Crippen LogP contribution >= 0.6 is 0 Å². The summed E-state index contributed by atoms with van der Waals surface area (Å²) in [6.45, 7) is 2.87. The van der Waals surface area contributed by atoms with Gasteiger partial charge in [-0.1, -0.05) is 42.5 Å². The molecule has 0 bridgehead atoms. The van der Waals surface area contributed by atoms with Crippen molar-refractivity contribution in [1.29, 1.82) is 0 Å². The first kappa shape index (κ1) is 19.3. The molecule has 1 aromatic heterocycles. The molecule has 4 nitrogen and oxygen atoms in total. The lowest BCUT2D eigenvalue weighted by Gasteiger charge is -2.27. The van der Waals surface area contributed by atoms with E-state index in [0.29, 0.717) is 18.6 Å². The van der Waals surface area contributed by atoms with Gasteiger partial charge in [0.1, 0.15) is 0 Å². The summed E-state index contributed by atoms with van der Waals surface area (Å²) in [5.41, 5.74) is 9.58. The number of H-pyrrole nitrogens is 1. The third-order valence-corrected chi connectivity index (χ3v) is 7.08. The number of carbonyl (C=O) groups is 1. The molecule has 2 heterocycles. The summed E-state index contributed by atoms with van der Waals surface area (Å²) in [5.74, 6) is 0.0324. The Morgan fingerprint density at radius 3 is 2.69 bits per heavy atom. The van der Waals surface area contributed by atoms with E-state index in [1.165, 1.54) is 45.3 Å². The molecular formula is C28H27N3O. The molecule has 4 heteroatoms. The Hall–Kier alpha value is -3.37. The molecule has 1 aliphatic heterocycles. The van der Waals surface area contributed by atoms with E-state index in [1.807, 2.05) is 6.07 Å². The second-order valence-electron chi connectivity index (χ2n) is 9.08. The highest BCUT2D eigenvalue weighted by atomic mass is 16.1. The van der Waals surface area contributed by atoms with Crippen LogP contribution in [0, 0.1) is 0 Å². The van der Waals surface area contributed by atoms with E-state index in [0.717, 1.165) is 24.0 Å². The number of nitrogens with one attached hydrogen (secondary N) is 3. The largest absolute Gasteiger partial charge is 0.357 e. The standard InChI is InChI=1S/C28H27N3O/c1-17(18-6-3-2-4-7-18)30-26-9-5-8-23-24-15-20(11-13-25(24)31-27(23)26)19-10-12-22-21(14-19)16-29-28(22)32/h2-4,6-7,10-15,17,26,30-31H,5,8-9,16H2,1H3,(H,29,32)/t17-,26?/m1/s1. The van der Waals surface area contributed by atoms with E-state index in [4.69, 9.17) is 0 Å². The average molecular weight is 422 g/mol. The number of hydrogen-bond acceptors (Lipinski definition) is 2. The first-order valence-electron chi connectivity index (χ1n) is 11.5. The number of aromatic nitrogens is 1. The predicted octanol–water partition coefficient (Wildman–Crippen LogP) is 5.81. The number of fused-ring (bicyclic) bond motifs is 4. The number of amides is 1. The zero-order valence-electron chi connectivity index (χ0n) is 18.2. The van der Waals surface area contributed by atoms with Crippen LogP contribution in [-0.4, -0.2) is 10.9 Å². The van der Waals surface area contributed by atoms with Crippen molar-refractivity contribution in [3.63, 3.8) is 0 Å². The second-order valence-corrected chi connectivity index (χ2v) is 9.08. The lowest BCUT2D eigenvalue weighted by molar-refractivity contribution is 0.0966. The maximum absolute atomic E-state index is 11.9. The predicted molar refractivity (Wildman–Crippen MR) is 129 cm³/mol. The second kappa shape index (κ2) is 7.64. The molecule has 3 aromatic carbocycles. The van der Waals surface area contributed by atoms with Crippen LogP contribution in [0.15, 0.2) is 66.7 Å². The smallest absolute Gasteiger partial charge is 0.251 e. The summed E-state index contributed by atoms with van der Waals surface area (Å²) in [5, 5.41) is 8.10. The van der Waals surface area contributed by atoms with E-state index in [1.54, 1.807) is 0 Å². The molecule has 6 rings (SSSR count). The summed E-state index contributed by atoms with van der Waals surface area (Å²) < 4.78 is 0. The Morgan fingerprint density at radius 1 is 1.00 bits per heavy atom. The fourth-order valence-electron chi connectivity index (χ4n) is 5.36. The van der Waals surface area contributed by atoms with Crippen molar-refractivity contribution in [2.45, 2.75) is 44.8 Å². The molecular weight excluding hydrogens is 394 g/mol. The summed E-state index contributed by atoms with van der Waals surface area (Å²) >= 11 is 0. The lowest BCUT2D eigenvalue weighted by Crippen LogP contribution is -2.27. The lowest BCUT2D eigenvalue weighted by atomic mass is 9.90. The minimum Gasteiger partial charge on any atom is -0.357 e. The third-order valence-electron chi connectivity index (χ3n) is 7.08. The number of aromatic amines is 1. The summed E-state index contributed by atoms with van der Waals surface area (Å²) in [7, 11) is 0. The van der Waals surface area contributed by atoms with Crippen LogP contribution in [0.3, 0.4) is 0 Å². The Labute approximate surface area is 188 Å². The van der Waals surface area contributed by atoms with E-state index in [2.05, 4.69) is 83.2 Å². The van der Waals surface area contributed by atoms with Gasteiger partial charge in [0.05, 0.1) is 0 Å². The van der Waals surface area contributed by atoms with Crippen molar-refractivity contribution in [2.75, 3.05) is 0 Å². The summed E-state index contributed by atoms with van der Waals surface area (Å²) in [6.07, 6.45) is 3.45. The van der Waals surface area contributed by atoms with Gasteiger partial charge in [0.15, 0.2) is 0 Å². The molecule has 2 aliphatic rings. The Morgan fingerprint density at radius 2 is 1.81 bits per heavy atom. The van der Waals surface area contributed by atoms with Gasteiger partial charge in [-0.05, 0) is 78.3 Å². The number of hydrogen-bond donors (Lipinski definition) is 3.